The first-order valence-electron chi connectivity index (χ1n) is 6.50. The molecule has 6 heteroatoms. The molecule has 0 N–H and O–H groups in total. The van der Waals surface area contributed by atoms with Gasteiger partial charge in [0.1, 0.15) is 11.6 Å². The van der Waals surface area contributed by atoms with Crippen LogP contribution in [-0.4, -0.2) is 15.7 Å². The smallest absolute Gasteiger partial charge is 0.364 e. The normalized spacial score (nSPS) is 10.6. The second-order valence-corrected chi connectivity index (χ2v) is 4.67. The molecule has 1 aromatic heterocycles. The molecule has 0 unspecified atom stereocenters. The third-order valence-corrected chi connectivity index (χ3v) is 3.17. The van der Waals surface area contributed by atoms with Gasteiger partial charge in [-0.2, -0.15) is 5.10 Å². The molecule has 0 fully saturated rings. The Labute approximate surface area is 124 Å². The lowest BCUT2D eigenvalue weighted by Gasteiger charge is -2.08. The minimum atomic E-state index is -0.710. The second-order valence-electron chi connectivity index (χ2n) is 4.67. The van der Waals surface area contributed by atoms with Crippen molar-refractivity contribution in [2.24, 2.45) is 7.05 Å². The summed E-state index contributed by atoms with van der Waals surface area (Å²) in [6.45, 7) is 0. The minimum absolute atomic E-state index is 0.0297. The molecule has 0 amide bonds. The Morgan fingerprint density at radius 3 is 2.41 bits per heavy atom. The molecule has 22 heavy (non-hydrogen) atoms. The van der Waals surface area contributed by atoms with Gasteiger partial charge in [0, 0.05) is 12.4 Å². The van der Waals surface area contributed by atoms with Gasteiger partial charge in [-0.15, -0.1) is 0 Å². The van der Waals surface area contributed by atoms with Gasteiger partial charge in [0.25, 0.3) is 5.56 Å². The SMILES string of the molecule is Cn1nc(C(=O)Oc2ccc(F)cc2)c2ccccc2c1=O. The summed E-state index contributed by atoms with van der Waals surface area (Å²) in [7, 11) is 1.46. The van der Waals surface area contributed by atoms with E-state index in [4.69, 9.17) is 4.74 Å². The standard InChI is InChI=1S/C16H11FN2O3/c1-19-15(20)13-5-3-2-4-12(13)14(18-19)16(21)22-11-8-6-10(17)7-9-11/h2-9H,1H3. The topological polar surface area (TPSA) is 61.2 Å². The van der Waals surface area contributed by atoms with E-state index in [-0.39, 0.29) is 17.0 Å². The molecule has 1 heterocycles. The number of nitrogens with zero attached hydrogens (tertiary/aromatic N) is 2. The molecule has 3 aromatic rings. The van der Waals surface area contributed by atoms with Gasteiger partial charge in [-0.25, -0.2) is 13.9 Å². The third kappa shape index (κ3) is 2.46. The summed E-state index contributed by atoms with van der Waals surface area (Å²) in [5.74, 6) is -0.935. The van der Waals surface area contributed by atoms with Crippen LogP contribution >= 0.6 is 0 Å². The van der Waals surface area contributed by atoms with Gasteiger partial charge in [-0.1, -0.05) is 18.2 Å². The molecule has 0 bridgehead atoms. The lowest BCUT2D eigenvalue weighted by atomic mass is 10.1. The number of ether oxygens (including phenoxy) is 1. The number of rotatable bonds is 2. The summed E-state index contributed by atoms with van der Waals surface area (Å²) < 4.78 is 19.1. The zero-order chi connectivity index (χ0) is 15.7. The summed E-state index contributed by atoms with van der Waals surface area (Å²) >= 11 is 0. The van der Waals surface area contributed by atoms with Crippen molar-refractivity contribution in [2.45, 2.75) is 0 Å². The maximum Gasteiger partial charge on any atom is 0.364 e. The molecular formula is C16H11FN2O3. The summed E-state index contributed by atoms with van der Waals surface area (Å²) in [6.07, 6.45) is 0. The van der Waals surface area contributed by atoms with Gasteiger partial charge in [0.05, 0.1) is 5.39 Å². The van der Waals surface area contributed by atoms with Gasteiger partial charge in [0.2, 0.25) is 0 Å². The molecular weight excluding hydrogens is 287 g/mol. The minimum Gasteiger partial charge on any atom is -0.422 e. The summed E-state index contributed by atoms with van der Waals surface area (Å²) in [5, 5.41) is 4.77. The second kappa shape index (κ2) is 5.40. The largest absolute Gasteiger partial charge is 0.422 e. The van der Waals surface area contributed by atoms with Crippen LogP contribution in [0.25, 0.3) is 10.8 Å². The van der Waals surface area contributed by atoms with Crippen molar-refractivity contribution in [3.05, 3.63) is 70.4 Å². The van der Waals surface area contributed by atoms with Crippen molar-refractivity contribution in [1.29, 1.82) is 0 Å². The van der Waals surface area contributed by atoms with Crippen LogP contribution in [0.3, 0.4) is 0 Å². The predicted molar refractivity (Wildman–Crippen MR) is 78.3 cm³/mol. The average Bonchev–Trinajstić information content (AvgIpc) is 2.53. The molecule has 0 saturated carbocycles. The molecule has 0 aliphatic rings. The molecule has 2 aromatic carbocycles. The lowest BCUT2D eigenvalue weighted by molar-refractivity contribution is 0.0728. The molecule has 0 radical (unpaired) electrons. The molecule has 0 aliphatic carbocycles. The Kier molecular flexibility index (Phi) is 3.42. The fraction of sp³-hybridized carbons (Fsp3) is 0.0625. The van der Waals surface area contributed by atoms with Gasteiger partial charge in [-0.05, 0) is 30.3 Å². The first kappa shape index (κ1) is 13.9. The highest BCUT2D eigenvalue weighted by molar-refractivity contribution is 6.02. The number of esters is 1. The van der Waals surface area contributed by atoms with Crippen molar-refractivity contribution in [2.75, 3.05) is 0 Å². The molecule has 0 aliphatic heterocycles. The van der Waals surface area contributed by atoms with Crippen molar-refractivity contribution in [1.82, 2.24) is 9.78 Å². The van der Waals surface area contributed by atoms with E-state index in [1.165, 1.54) is 31.3 Å². The average molecular weight is 298 g/mol. The zero-order valence-electron chi connectivity index (χ0n) is 11.6. The quantitative estimate of drug-likeness (QED) is 0.538. The maximum atomic E-state index is 12.9. The van der Waals surface area contributed by atoms with Crippen LogP contribution in [0.1, 0.15) is 10.5 Å². The molecule has 0 spiro atoms. The van der Waals surface area contributed by atoms with Crippen LogP contribution in [-0.2, 0) is 7.05 Å². The van der Waals surface area contributed by atoms with Crippen molar-refractivity contribution < 1.29 is 13.9 Å². The Morgan fingerprint density at radius 2 is 1.73 bits per heavy atom. The van der Waals surface area contributed by atoms with Crippen LogP contribution in [0.15, 0.2) is 53.3 Å². The van der Waals surface area contributed by atoms with E-state index in [1.807, 2.05) is 0 Å². The number of hydrogen-bond donors (Lipinski definition) is 0. The van der Waals surface area contributed by atoms with Gasteiger partial charge >= 0.3 is 5.97 Å². The first-order chi connectivity index (χ1) is 10.6. The molecule has 3 rings (SSSR count). The van der Waals surface area contributed by atoms with Gasteiger partial charge in [0.15, 0.2) is 5.69 Å². The highest BCUT2D eigenvalue weighted by Gasteiger charge is 2.17. The number of benzene rings is 2. The summed E-state index contributed by atoms with van der Waals surface area (Å²) in [5.41, 5.74) is -0.268. The molecule has 5 nitrogen and oxygen atoms in total. The highest BCUT2D eigenvalue weighted by atomic mass is 19.1. The molecule has 0 atom stereocenters. The Bertz CT molecular complexity index is 917. The number of aryl methyl sites for hydroxylation is 1. The number of aromatic nitrogens is 2. The van der Waals surface area contributed by atoms with Crippen LogP contribution < -0.4 is 10.3 Å². The number of carbonyl (C=O) groups is 1. The monoisotopic (exact) mass is 298 g/mol. The number of fused-ring (bicyclic) bond motifs is 1. The lowest BCUT2D eigenvalue weighted by Crippen LogP contribution is -2.24. The van der Waals surface area contributed by atoms with E-state index in [1.54, 1.807) is 24.3 Å². The zero-order valence-corrected chi connectivity index (χ0v) is 11.6. The van der Waals surface area contributed by atoms with E-state index in [0.29, 0.717) is 10.8 Å². The predicted octanol–water partition coefficient (Wildman–Crippen LogP) is 2.29. The molecule has 110 valence electrons. The van der Waals surface area contributed by atoms with E-state index in [0.717, 1.165) is 4.68 Å². The van der Waals surface area contributed by atoms with E-state index in [9.17, 15) is 14.0 Å². The number of halogens is 1. The van der Waals surface area contributed by atoms with Crippen molar-refractivity contribution in [3.8, 4) is 5.75 Å². The third-order valence-electron chi connectivity index (χ3n) is 3.17. The van der Waals surface area contributed by atoms with Gasteiger partial charge in [-0.3, -0.25) is 4.79 Å². The van der Waals surface area contributed by atoms with E-state index >= 15 is 0 Å². The van der Waals surface area contributed by atoms with Gasteiger partial charge < -0.3 is 4.74 Å². The van der Waals surface area contributed by atoms with Crippen molar-refractivity contribution in [3.63, 3.8) is 0 Å². The van der Waals surface area contributed by atoms with Crippen LogP contribution in [0.5, 0.6) is 5.75 Å². The summed E-state index contributed by atoms with van der Waals surface area (Å²) in [4.78, 5) is 24.3. The highest BCUT2D eigenvalue weighted by Crippen LogP contribution is 2.17. The Hall–Kier alpha value is -3.02. The van der Waals surface area contributed by atoms with E-state index < -0.39 is 11.8 Å². The van der Waals surface area contributed by atoms with E-state index in [2.05, 4.69) is 5.10 Å². The van der Waals surface area contributed by atoms with Crippen LogP contribution in [0.4, 0.5) is 4.39 Å². The Balaban J connectivity index is 2.06. The van der Waals surface area contributed by atoms with Crippen molar-refractivity contribution >= 4 is 16.7 Å². The summed E-state index contributed by atoms with van der Waals surface area (Å²) in [6, 6.07) is 11.7. The maximum absolute atomic E-state index is 12.9. The first-order valence-corrected chi connectivity index (χ1v) is 6.50. The number of hydrogen-bond acceptors (Lipinski definition) is 4. The van der Waals surface area contributed by atoms with Crippen LogP contribution in [0.2, 0.25) is 0 Å². The number of carbonyl (C=O) groups excluding carboxylic acids is 1. The Morgan fingerprint density at radius 1 is 1.09 bits per heavy atom. The molecule has 0 saturated heterocycles. The van der Waals surface area contributed by atoms with Crippen LogP contribution in [0, 0.1) is 5.82 Å². The fourth-order valence-electron chi connectivity index (χ4n) is 2.11. The fourth-order valence-corrected chi connectivity index (χ4v) is 2.11.